The summed E-state index contributed by atoms with van der Waals surface area (Å²) in [5, 5.41) is 4.36. The van der Waals surface area contributed by atoms with Crippen LogP contribution in [0.15, 0.2) is 47.1 Å². The zero-order valence-electron chi connectivity index (χ0n) is 13.0. The highest BCUT2D eigenvalue weighted by Gasteiger charge is 2.31. The van der Waals surface area contributed by atoms with E-state index in [2.05, 4.69) is 21.0 Å². The third-order valence-corrected chi connectivity index (χ3v) is 5.02. The van der Waals surface area contributed by atoms with Gasteiger partial charge >= 0.3 is 0 Å². The van der Waals surface area contributed by atoms with Crippen molar-refractivity contribution in [3.8, 4) is 0 Å². The Hall–Kier alpha value is -2.21. The standard InChI is InChI=1S/C18H15BrFN3O/c1-11-17-12(3-2-4-15(17)20)7-8-22(11)18(24)16-9-14-6-5-13(19)10-23(14)21-16/h2-6,9-11H,7-8H2,1H3. The van der Waals surface area contributed by atoms with Crippen LogP contribution < -0.4 is 0 Å². The number of rotatable bonds is 1. The number of hydrogen-bond donors (Lipinski definition) is 0. The van der Waals surface area contributed by atoms with Crippen molar-refractivity contribution in [2.24, 2.45) is 0 Å². The lowest BCUT2D eigenvalue weighted by atomic mass is 9.93. The van der Waals surface area contributed by atoms with Crippen molar-refractivity contribution >= 4 is 27.4 Å². The summed E-state index contributed by atoms with van der Waals surface area (Å²) in [5.41, 5.74) is 2.81. The zero-order chi connectivity index (χ0) is 16.8. The van der Waals surface area contributed by atoms with E-state index in [1.165, 1.54) is 6.07 Å². The fourth-order valence-corrected chi connectivity index (χ4v) is 3.67. The molecular formula is C18H15BrFN3O. The third kappa shape index (κ3) is 2.41. The molecule has 0 bridgehead atoms. The molecule has 3 aromatic rings. The summed E-state index contributed by atoms with van der Waals surface area (Å²) in [6.45, 7) is 2.43. The fraction of sp³-hybridized carbons (Fsp3) is 0.222. The number of carbonyl (C=O) groups is 1. The van der Waals surface area contributed by atoms with Gasteiger partial charge in [0.05, 0.1) is 11.6 Å². The van der Waals surface area contributed by atoms with E-state index in [0.29, 0.717) is 24.2 Å². The lowest BCUT2D eigenvalue weighted by molar-refractivity contribution is 0.0667. The third-order valence-electron chi connectivity index (χ3n) is 4.55. The molecule has 1 aliphatic rings. The Balaban J connectivity index is 1.70. The van der Waals surface area contributed by atoms with Gasteiger partial charge in [0.2, 0.25) is 0 Å². The molecule has 4 rings (SSSR count). The predicted molar refractivity (Wildman–Crippen MR) is 92.4 cm³/mol. The van der Waals surface area contributed by atoms with Gasteiger partial charge < -0.3 is 4.90 Å². The number of hydrogen-bond acceptors (Lipinski definition) is 2. The monoisotopic (exact) mass is 387 g/mol. The Morgan fingerprint density at radius 2 is 2.17 bits per heavy atom. The van der Waals surface area contributed by atoms with Crippen molar-refractivity contribution in [3.63, 3.8) is 0 Å². The molecule has 3 heterocycles. The van der Waals surface area contributed by atoms with Crippen LogP contribution in [0.2, 0.25) is 0 Å². The van der Waals surface area contributed by atoms with Crippen molar-refractivity contribution in [1.29, 1.82) is 0 Å². The van der Waals surface area contributed by atoms with E-state index in [9.17, 15) is 9.18 Å². The van der Waals surface area contributed by atoms with Crippen molar-refractivity contribution in [3.05, 3.63) is 69.7 Å². The van der Waals surface area contributed by atoms with E-state index >= 15 is 0 Å². The maximum Gasteiger partial charge on any atom is 0.274 e. The molecule has 4 nitrogen and oxygen atoms in total. The molecule has 0 fully saturated rings. The Bertz CT molecular complexity index is 953. The molecule has 1 atom stereocenters. The lowest BCUT2D eigenvalue weighted by Gasteiger charge is -2.35. The van der Waals surface area contributed by atoms with Crippen molar-refractivity contribution < 1.29 is 9.18 Å². The van der Waals surface area contributed by atoms with Crippen LogP contribution in [0.5, 0.6) is 0 Å². The van der Waals surface area contributed by atoms with Gasteiger partial charge in [-0.25, -0.2) is 8.91 Å². The Kier molecular flexibility index (Phi) is 3.64. The van der Waals surface area contributed by atoms with Gasteiger partial charge in [-0.3, -0.25) is 4.79 Å². The highest BCUT2D eigenvalue weighted by atomic mass is 79.9. The highest BCUT2D eigenvalue weighted by Crippen LogP contribution is 2.32. The minimum atomic E-state index is -0.306. The summed E-state index contributed by atoms with van der Waals surface area (Å²) in [7, 11) is 0. The number of halogens is 2. The number of amides is 1. The predicted octanol–water partition coefficient (Wildman–Crippen LogP) is 4.00. The van der Waals surface area contributed by atoms with Gasteiger partial charge in [0.25, 0.3) is 5.91 Å². The van der Waals surface area contributed by atoms with Gasteiger partial charge in [0, 0.05) is 22.8 Å². The molecule has 0 N–H and O–H groups in total. The molecule has 0 saturated carbocycles. The van der Waals surface area contributed by atoms with E-state index in [4.69, 9.17) is 0 Å². The van der Waals surface area contributed by atoms with E-state index in [1.807, 2.05) is 25.1 Å². The normalized spacial score (nSPS) is 17.1. The maximum absolute atomic E-state index is 14.2. The van der Waals surface area contributed by atoms with Crippen LogP contribution in [0.1, 0.15) is 34.6 Å². The van der Waals surface area contributed by atoms with E-state index in [0.717, 1.165) is 15.6 Å². The average molecular weight is 388 g/mol. The van der Waals surface area contributed by atoms with Gasteiger partial charge in [-0.2, -0.15) is 5.10 Å². The molecule has 0 aliphatic carbocycles. The van der Waals surface area contributed by atoms with Gasteiger partial charge in [-0.1, -0.05) is 12.1 Å². The minimum Gasteiger partial charge on any atom is -0.330 e. The first-order valence-corrected chi connectivity index (χ1v) is 8.57. The van der Waals surface area contributed by atoms with E-state index < -0.39 is 0 Å². The molecule has 24 heavy (non-hydrogen) atoms. The molecule has 2 aromatic heterocycles. The zero-order valence-corrected chi connectivity index (χ0v) is 14.6. The Morgan fingerprint density at radius 1 is 1.33 bits per heavy atom. The number of carbonyl (C=O) groups excluding carboxylic acids is 1. The second-order valence-electron chi connectivity index (χ2n) is 5.98. The quantitative estimate of drug-likeness (QED) is 0.632. The molecule has 0 saturated heterocycles. The minimum absolute atomic E-state index is 0.170. The van der Waals surface area contributed by atoms with Crippen molar-refractivity contribution in [2.75, 3.05) is 6.54 Å². The Labute approximate surface area is 147 Å². The maximum atomic E-state index is 14.2. The smallest absolute Gasteiger partial charge is 0.274 e. The first-order valence-electron chi connectivity index (χ1n) is 7.78. The summed E-state index contributed by atoms with van der Waals surface area (Å²) < 4.78 is 16.8. The van der Waals surface area contributed by atoms with Crippen LogP contribution in [0, 0.1) is 5.82 Å². The molecule has 1 aromatic carbocycles. The van der Waals surface area contributed by atoms with Crippen molar-refractivity contribution in [1.82, 2.24) is 14.5 Å². The number of benzene rings is 1. The van der Waals surface area contributed by atoms with Crippen LogP contribution in [-0.2, 0) is 6.42 Å². The first-order chi connectivity index (χ1) is 11.5. The first kappa shape index (κ1) is 15.3. The number of fused-ring (bicyclic) bond motifs is 2. The van der Waals surface area contributed by atoms with Crippen LogP contribution in [0.25, 0.3) is 5.52 Å². The van der Waals surface area contributed by atoms with Gasteiger partial charge in [-0.05, 0) is 59.1 Å². The van der Waals surface area contributed by atoms with Crippen LogP contribution >= 0.6 is 15.9 Å². The molecule has 0 spiro atoms. The van der Waals surface area contributed by atoms with E-state index in [1.54, 1.807) is 27.7 Å². The molecule has 1 aliphatic heterocycles. The van der Waals surface area contributed by atoms with Crippen molar-refractivity contribution in [2.45, 2.75) is 19.4 Å². The SMILES string of the molecule is CC1c2c(F)cccc2CCN1C(=O)c1cc2ccc(Br)cn2n1. The number of aromatic nitrogens is 2. The van der Waals surface area contributed by atoms with Crippen LogP contribution in [0.4, 0.5) is 4.39 Å². The molecule has 1 unspecified atom stereocenters. The van der Waals surface area contributed by atoms with E-state index in [-0.39, 0.29) is 17.8 Å². The summed E-state index contributed by atoms with van der Waals surface area (Å²) >= 11 is 3.39. The largest absolute Gasteiger partial charge is 0.330 e. The molecule has 1 amide bonds. The second kappa shape index (κ2) is 5.70. The number of pyridine rings is 1. The lowest BCUT2D eigenvalue weighted by Crippen LogP contribution is -2.39. The topological polar surface area (TPSA) is 37.6 Å². The number of nitrogens with zero attached hydrogens (tertiary/aromatic N) is 3. The summed E-state index contributed by atoms with van der Waals surface area (Å²) in [5.74, 6) is -0.423. The summed E-state index contributed by atoms with van der Waals surface area (Å²) in [6.07, 6.45) is 2.46. The highest BCUT2D eigenvalue weighted by molar-refractivity contribution is 9.10. The van der Waals surface area contributed by atoms with Crippen LogP contribution in [0.3, 0.4) is 0 Å². The molecule has 122 valence electrons. The molecule has 0 radical (unpaired) electrons. The summed E-state index contributed by atoms with van der Waals surface area (Å²) in [6, 6.07) is 10.4. The van der Waals surface area contributed by atoms with Gasteiger partial charge in [-0.15, -0.1) is 0 Å². The fourth-order valence-electron chi connectivity index (χ4n) is 3.35. The molecular weight excluding hydrogens is 373 g/mol. The van der Waals surface area contributed by atoms with Crippen LogP contribution in [-0.4, -0.2) is 27.0 Å². The average Bonchev–Trinajstić information content (AvgIpc) is 2.97. The Morgan fingerprint density at radius 3 is 3.00 bits per heavy atom. The van der Waals surface area contributed by atoms with Gasteiger partial charge in [0.1, 0.15) is 5.82 Å². The second-order valence-corrected chi connectivity index (χ2v) is 6.90. The molecule has 6 heteroatoms. The van der Waals surface area contributed by atoms with Gasteiger partial charge in [0.15, 0.2) is 5.69 Å². The summed E-state index contributed by atoms with van der Waals surface area (Å²) in [4.78, 5) is 14.6.